The number of imidazole rings is 1. The number of hydrogen-bond donors (Lipinski definition) is 1. The highest BCUT2D eigenvalue weighted by molar-refractivity contribution is 9.10. The van der Waals surface area contributed by atoms with Gasteiger partial charge in [-0.25, -0.2) is 4.98 Å². The topological polar surface area (TPSA) is 39.1 Å². The second-order valence-corrected chi connectivity index (χ2v) is 6.01. The molecule has 0 aliphatic heterocycles. The fourth-order valence-electron chi connectivity index (χ4n) is 2.00. The van der Waals surface area contributed by atoms with Gasteiger partial charge in [0.2, 0.25) is 0 Å². The van der Waals surface area contributed by atoms with Gasteiger partial charge < -0.3 is 14.6 Å². The fourth-order valence-corrected chi connectivity index (χ4v) is 2.39. The Bertz CT molecular complexity index is 593. The number of ether oxygens (including phenoxy) is 1. The predicted octanol–water partition coefficient (Wildman–Crippen LogP) is 3.01. The molecule has 3 rings (SSSR count). The van der Waals surface area contributed by atoms with Crippen LogP contribution in [0.2, 0.25) is 0 Å². The summed E-state index contributed by atoms with van der Waals surface area (Å²) < 4.78 is 8.90. The van der Waals surface area contributed by atoms with E-state index in [1.54, 1.807) is 6.20 Å². The third kappa shape index (κ3) is 3.41. The molecular formula is C15H18BrN3O. The van der Waals surface area contributed by atoms with Crippen LogP contribution < -0.4 is 10.1 Å². The number of aryl methyl sites for hydroxylation is 1. The fraction of sp³-hybridized carbons (Fsp3) is 0.400. The Balaban J connectivity index is 1.63. The molecule has 0 atom stereocenters. The number of halogens is 1. The largest absolute Gasteiger partial charge is 0.486 e. The average molecular weight is 336 g/mol. The lowest BCUT2D eigenvalue weighted by atomic mass is 10.2. The molecule has 1 saturated carbocycles. The normalized spacial score (nSPS) is 14.5. The lowest BCUT2D eigenvalue weighted by Gasteiger charge is -2.10. The van der Waals surface area contributed by atoms with E-state index in [4.69, 9.17) is 4.74 Å². The maximum atomic E-state index is 5.82. The minimum absolute atomic E-state index is 0.487. The average Bonchev–Trinajstić information content (AvgIpc) is 3.18. The van der Waals surface area contributed by atoms with Crippen molar-refractivity contribution in [2.45, 2.75) is 32.0 Å². The molecule has 20 heavy (non-hydrogen) atoms. The molecule has 5 heteroatoms. The van der Waals surface area contributed by atoms with Gasteiger partial charge in [-0.05, 0) is 36.6 Å². The van der Waals surface area contributed by atoms with E-state index in [0.717, 1.165) is 22.6 Å². The summed E-state index contributed by atoms with van der Waals surface area (Å²) in [7, 11) is 1.97. The summed E-state index contributed by atoms with van der Waals surface area (Å²) in [6.07, 6.45) is 6.30. The van der Waals surface area contributed by atoms with Crippen LogP contribution in [0.1, 0.15) is 24.2 Å². The van der Waals surface area contributed by atoms with Crippen LogP contribution in [0.5, 0.6) is 5.75 Å². The minimum Gasteiger partial charge on any atom is -0.486 e. The standard InChI is InChI=1S/C15H18BrN3O/c1-19-7-6-17-15(19)10-20-13-4-5-14(16)11(8-13)9-18-12-2-3-12/h4-8,12,18H,2-3,9-10H2,1H3. The van der Waals surface area contributed by atoms with Crippen LogP contribution in [0.4, 0.5) is 0 Å². The monoisotopic (exact) mass is 335 g/mol. The zero-order valence-electron chi connectivity index (χ0n) is 11.5. The maximum absolute atomic E-state index is 5.82. The molecule has 0 unspecified atom stereocenters. The Morgan fingerprint density at radius 3 is 3.00 bits per heavy atom. The minimum atomic E-state index is 0.487. The number of benzene rings is 1. The van der Waals surface area contributed by atoms with Gasteiger partial charge in [0.25, 0.3) is 0 Å². The molecular weight excluding hydrogens is 318 g/mol. The van der Waals surface area contributed by atoms with Crippen LogP contribution in [0.3, 0.4) is 0 Å². The van der Waals surface area contributed by atoms with Gasteiger partial charge in [-0.3, -0.25) is 0 Å². The molecule has 0 radical (unpaired) electrons. The number of hydrogen-bond acceptors (Lipinski definition) is 3. The summed E-state index contributed by atoms with van der Waals surface area (Å²) in [5, 5.41) is 3.52. The van der Waals surface area contributed by atoms with Gasteiger partial charge >= 0.3 is 0 Å². The molecule has 0 saturated heterocycles. The molecule has 2 aromatic rings. The highest BCUT2D eigenvalue weighted by Gasteiger charge is 2.20. The van der Waals surface area contributed by atoms with Crippen molar-refractivity contribution >= 4 is 15.9 Å². The summed E-state index contributed by atoms with van der Waals surface area (Å²) in [6.45, 7) is 1.37. The first-order valence-corrected chi connectivity index (χ1v) is 7.62. The highest BCUT2D eigenvalue weighted by atomic mass is 79.9. The number of nitrogens with zero attached hydrogens (tertiary/aromatic N) is 2. The summed E-state index contributed by atoms with van der Waals surface area (Å²) in [4.78, 5) is 4.25. The zero-order chi connectivity index (χ0) is 13.9. The third-order valence-corrected chi connectivity index (χ3v) is 4.24. The van der Waals surface area contributed by atoms with Gasteiger partial charge in [-0.2, -0.15) is 0 Å². The molecule has 1 aromatic carbocycles. The Labute approximate surface area is 127 Å². The summed E-state index contributed by atoms with van der Waals surface area (Å²) in [5.74, 6) is 1.80. The van der Waals surface area contributed by atoms with Gasteiger partial charge in [0.15, 0.2) is 0 Å². The Morgan fingerprint density at radius 1 is 1.45 bits per heavy atom. The zero-order valence-corrected chi connectivity index (χ0v) is 13.1. The predicted molar refractivity (Wildman–Crippen MR) is 81.5 cm³/mol. The third-order valence-electron chi connectivity index (χ3n) is 3.46. The SMILES string of the molecule is Cn1ccnc1COc1ccc(Br)c(CNC2CC2)c1. The summed E-state index contributed by atoms with van der Waals surface area (Å²) >= 11 is 3.59. The van der Waals surface area contributed by atoms with Crippen LogP contribution in [-0.2, 0) is 20.2 Å². The van der Waals surface area contributed by atoms with Crippen molar-refractivity contribution in [1.29, 1.82) is 0 Å². The Hall–Kier alpha value is -1.33. The smallest absolute Gasteiger partial charge is 0.146 e. The van der Waals surface area contributed by atoms with Crippen LogP contribution >= 0.6 is 15.9 Å². The van der Waals surface area contributed by atoms with Crippen molar-refractivity contribution in [3.63, 3.8) is 0 Å². The lowest BCUT2D eigenvalue weighted by Crippen LogP contribution is -2.15. The molecule has 1 N–H and O–H groups in total. The molecule has 1 aliphatic rings. The van der Waals surface area contributed by atoms with E-state index < -0.39 is 0 Å². The molecule has 1 heterocycles. The first kappa shape index (κ1) is 13.6. The van der Waals surface area contributed by atoms with Gasteiger partial charge in [0.1, 0.15) is 18.2 Å². The van der Waals surface area contributed by atoms with E-state index in [0.29, 0.717) is 12.6 Å². The van der Waals surface area contributed by atoms with Crippen LogP contribution in [0, 0.1) is 0 Å². The van der Waals surface area contributed by atoms with E-state index in [1.807, 2.05) is 29.9 Å². The second kappa shape index (κ2) is 5.97. The van der Waals surface area contributed by atoms with Crippen molar-refractivity contribution in [2.24, 2.45) is 7.05 Å². The van der Waals surface area contributed by atoms with Crippen molar-refractivity contribution in [1.82, 2.24) is 14.9 Å². The number of rotatable bonds is 6. The Morgan fingerprint density at radius 2 is 2.30 bits per heavy atom. The first-order valence-electron chi connectivity index (χ1n) is 6.83. The molecule has 1 fully saturated rings. The van der Waals surface area contributed by atoms with Gasteiger partial charge in [-0.15, -0.1) is 0 Å². The van der Waals surface area contributed by atoms with Crippen molar-refractivity contribution in [3.05, 3.63) is 46.5 Å². The second-order valence-electron chi connectivity index (χ2n) is 5.15. The van der Waals surface area contributed by atoms with Gasteiger partial charge in [0.05, 0.1) is 0 Å². The lowest BCUT2D eigenvalue weighted by molar-refractivity contribution is 0.291. The summed E-state index contributed by atoms with van der Waals surface area (Å²) in [6, 6.07) is 6.81. The van der Waals surface area contributed by atoms with Crippen molar-refractivity contribution in [3.8, 4) is 5.75 Å². The number of nitrogens with one attached hydrogen (secondary N) is 1. The van der Waals surface area contributed by atoms with E-state index >= 15 is 0 Å². The van der Waals surface area contributed by atoms with Crippen LogP contribution in [-0.4, -0.2) is 15.6 Å². The van der Waals surface area contributed by atoms with E-state index in [-0.39, 0.29) is 0 Å². The molecule has 4 nitrogen and oxygen atoms in total. The van der Waals surface area contributed by atoms with Gasteiger partial charge in [-0.1, -0.05) is 15.9 Å². The summed E-state index contributed by atoms with van der Waals surface area (Å²) in [5.41, 5.74) is 1.23. The highest BCUT2D eigenvalue weighted by Crippen LogP contribution is 2.25. The molecule has 0 amide bonds. The molecule has 0 spiro atoms. The van der Waals surface area contributed by atoms with Crippen LogP contribution in [0.25, 0.3) is 0 Å². The maximum Gasteiger partial charge on any atom is 0.146 e. The number of aromatic nitrogens is 2. The van der Waals surface area contributed by atoms with E-state index in [9.17, 15) is 0 Å². The quantitative estimate of drug-likeness (QED) is 0.881. The van der Waals surface area contributed by atoms with E-state index in [2.05, 4.69) is 32.3 Å². The van der Waals surface area contributed by atoms with E-state index in [1.165, 1.54) is 18.4 Å². The molecule has 106 valence electrons. The van der Waals surface area contributed by atoms with Crippen molar-refractivity contribution in [2.75, 3.05) is 0 Å². The van der Waals surface area contributed by atoms with Gasteiger partial charge in [0, 0.05) is 36.5 Å². The molecule has 0 bridgehead atoms. The molecule has 1 aliphatic carbocycles. The first-order chi connectivity index (χ1) is 9.72. The van der Waals surface area contributed by atoms with Crippen molar-refractivity contribution < 1.29 is 4.74 Å². The molecule has 1 aromatic heterocycles. The Kier molecular flexibility index (Phi) is 4.08. The van der Waals surface area contributed by atoms with Crippen LogP contribution in [0.15, 0.2) is 35.1 Å².